The highest BCUT2D eigenvalue weighted by Crippen LogP contribution is 1.97. The maximum absolute atomic E-state index is 10.4. The Hall–Kier alpha value is -1.32. The van der Waals surface area contributed by atoms with E-state index < -0.39 is 0 Å². The van der Waals surface area contributed by atoms with Crippen molar-refractivity contribution in [3.63, 3.8) is 0 Å². The second kappa shape index (κ2) is 10.2. The monoisotopic (exact) mass is 228 g/mol. The van der Waals surface area contributed by atoms with Crippen LogP contribution in [0.1, 0.15) is 39.5 Å². The third-order valence-corrected chi connectivity index (χ3v) is 1.81. The van der Waals surface area contributed by atoms with Gasteiger partial charge in [-0.15, -0.1) is 0 Å². The van der Waals surface area contributed by atoms with Crippen molar-refractivity contribution in [2.24, 2.45) is 0 Å². The smallest absolute Gasteiger partial charge is 0.302 e. The van der Waals surface area contributed by atoms with Crippen molar-refractivity contribution in [3.8, 4) is 0 Å². The topological polar surface area (TPSA) is 52.6 Å². The standard InChI is InChI=1S/C12H20O4/c1-11(13)15-9-7-5-3-4-6-8-10-16-12(2)14/h3-4H,5-10H2,1-2H3/b4-3-. The molecule has 16 heavy (non-hydrogen) atoms. The third-order valence-electron chi connectivity index (χ3n) is 1.81. The molecule has 0 spiro atoms. The van der Waals surface area contributed by atoms with Gasteiger partial charge in [0.05, 0.1) is 13.2 Å². The van der Waals surface area contributed by atoms with Gasteiger partial charge in [0.1, 0.15) is 0 Å². The number of hydrogen-bond donors (Lipinski definition) is 0. The summed E-state index contributed by atoms with van der Waals surface area (Å²) in [5.41, 5.74) is 0. The molecule has 0 unspecified atom stereocenters. The van der Waals surface area contributed by atoms with Crippen LogP contribution in [0.25, 0.3) is 0 Å². The van der Waals surface area contributed by atoms with Crippen molar-refractivity contribution in [1.29, 1.82) is 0 Å². The van der Waals surface area contributed by atoms with Gasteiger partial charge < -0.3 is 9.47 Å². The lowest BCUT2D eigenvalue weighted by atomic mass is 10.2. The second-order valence-electron chi connectivity index (χ2n) is 3.44. The maximum atomic E-state index is 10.4. The SMILES string of the molecule is CC(=O)OCCC/C=C\CCCOC(C)=O. The summed E-state index contributed by atoms with van der Waals surface area (Å²) in [7, 11) is 0. The summed E-state index contributed by atoms with van der Waals surface area (Å²) >= 11 is 0. The number of unbranched alkanes of at least 4 members (excludes halogenated alkanes) is 2. The summed E-state index contributed by atoms with van der Waals surface area (Å²) in [5, 5.41) is 0. The van der Waals surface area contributed by atoms with E-state index in [1.165, 1.54) is 13.8 Å². The summed E-state index contributed by atoms with van der Waals surface area (Å²) in [5.74, 6) is -0.462. The van der Waals surface area contributed by atoms with Crippen LogP contribution >= 0.6 is 0 Å². The van der Waals surface area contributed by atoms with Gasteiger partial charge in [0.2, 0.25) is 0 Å². The number of carbonyl (C=O) groups excluding carboxylic acids is 2. The van der Waals surface area contributed by atoms with Crippen molar-refractivity contribution >= 4 is 11.9 Å². The van der Waals surface area contributed by atoms with Crippen LogP contribution < -0.4 is 0 Å². The molecule has 0 fully saturated rings. The van der Waals surface area contributed by atoms with Crippen LogP contribution in [-0.4, -0.2) is 25.2 Å². The molecule has 0 aromatic heterocycles. The van der Waals surface area contributed by atoms with Gasteiger partial charge in [-0.2, -0.15) is 0 Å². The minimum atomic E-state index is -0.231. The maximum Gasteiger partial charge on any atom is 0.302 e. The van der Waals surface area contributed by atoms with E-state index in [0.717, 1.165) is 25.7 Å². The molecule has 0 saturated carbocycles. The average molecular weight is 228 g/mol. The lowest BCUT2D eigenvalue weighted by Gasteiger charge is -1.99. The number of carbonyl (C=O) groups is 2. The first kappa shape index (κ1) is 14.7. The Morgan fingerprint density at radius 1 is 0.875 bits per heavy atom. The van der Waals surface area contributed by atoms with E-state index in [1.807, 2.05) is 0 Å². The van der Waals surface area contributed by atoms with Crippen molar-refractivity contribution in [2.45, 2.75) is 39.5 Å². The molecular formula is C12H20O4. The first-order chi connectivity index (χ1) is 7.63. The fourth-order valence-electron chi connectivity index (χ4n) is 1.07. The fraction of sp³-hybridized carbons (Fsp3) is 0.667. The zero-order valence-electron chi connectivity index (χ0n) is 10.0. The van der Waals surface area contributed by atoms with E-state index >= 15 is 0 Å². The van der Waals surface area contributed by atoms with Gasteiger partial charge >= 0.3 is 11.9 Å². The highest BCUT2D eigenvalue weighted by atomic mass is 16.5. The molecule has 0 aliphatic carbocycles. The summed E-state index contributed by atoms with van der Waals surface area (Å²) in [6.07, 6.45) is 7.61. The number of ether oxygens (including phenoxy) is 2. The number of esters is 2. The molecule has 0 heterocycles. The Labute approximate surface area is 96.6 Å². The normalized spacial score (nSPS) is 10.4. The van der Waals surface area contributed by atoms with Crippen LogP contribution in [0.15, 0.2) is 12.2 Å². The van der Waals surface area contributed by atoms with E-state index in [1.54, 1.807) is 0 Å². The molecule has 0 N–H and O–H groups in total. The fourth-order valence-corrected chi connectivity index (χ4v) is 1.07. The van der Waals surface area contributed by atoms with Gasteiger partial charge in [0.25, 0.3) is 0 Å². The Balaban J connectivity index is 3.16. The molecule has 0 aromatic rings. The number of allylic oxidation sites excluding steroid dienone is 2. The lowest BCUT2D eigenvalue weighted by molar-refractivity contribution is -0.142. The van der Waals surface area contributed by atoms with Crippen molar-refractivity contribution in [3.05, 3.63) is 12.2 Å². The molecule has 0 aliphatic rings. The second-order valence-corrected chi connectivity index (χ2v) is 3.44. The van der Waals surface area contributed by atoms with Crippen LogP contribution in [-0.2, 0) is 19.1 Å². The van der Waals surface area contributed by atoms with Gasteiger partial charge in [-0.1, -0.05) is 12.2 Å². The van der Waals surface area contributed by atoms with Gasteiger partial charge in [0, 0.05) is 13.8 Å². The van der Waals surface area contributed by atoms with E-state index in [9.17, 15) is 9.59 Å². The molecule has 0 rings (SSSR count). The third kappa shape index (κ3) is 12.7. The van der Waals surface area contributed by atoms with Crippen LogP contribution in [0.2, 0.25) is 0 Å². The van der Waals surface area contributed by atoms with Gasteiger partial charge in [0.15, 0.2) is 0 Å². The van der Waals surface area contributed by atoms with E-state index in [4.69, 9.17) is 9.47 Å². The highest BCUT2D eigenvalue weighted by Gasteiger charge is 1.91. The van der Waals surface area contributed by atoms with Gasteiger partial charge in [-0.3, -0.25) is 9.59 Å². The van der Waals surface area contributed by atoms with E-state index in [-0.39, 0.29) is 11.9 Å². The van der Waals surface area contributed by atoms with Crippen LogP contribution in [0.3, 0.4) is 0 Å². The average Bonchev–Trinajstić information content (AvgIpc) is 2.20. The molecule has 0 saturated heterocycles. The molecule has 0 radical (unpaired) electrons. The zero-order valence-corrected chi connectivity index (χ0v) is 10.0. The molecule has 92 valence electrons. The summed E-state index contributed by atoms with van der Waals surface area (Å²) in [6.45, 7) is 3.77. The van der Waals surface area contributed by atoms with E-state index in [2.05, 4.69) is 12.2 Å². The Bertz CT molecular complexity index is 209. The molecule has 0 amide bonds. The lowest BCUT2D eigenvalue weighted by Crippen LogP contribution is -2.00. The first-order valence-electron chi connectivity index (χ1n) is 5.54. The molecule has 4 heteroatoms. The largest absolute Gasteiger partial charge is 0.466 e. The van der Waals surface area contributed by atoms with Crippen LogP contribution in [0, 0.1) is 0 Å². The molecule has 4 nitrogen and oxygen atoms in total. The summed E-state index contributed by atoms with van der Waals surface area (Å²) in [4.78, 5) is 20.8. The quantitative estimate of drug-likeness (QED) is 0.363. The summed E-state index contributed by atoms with van der Waals surface area (Å²) < 4.78 is 9.57. The van der Waals surface area contributed by atoms with Crippen LogP contribution in [0.5, 0.6) is 0 Å². The van der Waals surface area contributed by atoms with Gasteiger partial charge in [-0.05, 0) is 25.7 Å². The number of hydrogen-bond acceptors (Lipinski definition) is 4. The summed E-state index contributed by atoms with van der Waals surface area (Å²) in [6, 6.07) is 0. The van der Waals surface area contributed by atoms with Crippen LogP contribution in [0.4, 0.5) is 0 Å². The van der Waals surface area contributed by atoms with E-state index in [0.29, 0.717) is 13.2 Å². The van der Waals surface area contributed by atoms with Crippen molar-refractivity contribution in [1.82, 2.24) is 0 Å². The minimum absolute atomic E-state index is 0.231. The predicted octanol–water partition coefficient (Wildman–Crippen LogP) is 2.23. The zero-order chi connectivity index (χ0) is 12.2. The molecule has 0 aliphatic heterocycles. The molecule has 0 aromatic carbocycles. The Morgan fingerprint density at radius 2 is 1.25 bits per heavy atom. The molecular weight excluding hydrogens is 208 g/mol. The Morgan fingerprint density at radius 3 is 1.56 bits per heavy atom. The number of rotatable bonds is 8. The minimum Gasteiger partial charge on any atom is -0.466 e. The molecule has 0 atom stereocenters. The predicted molar refractivity (Wildman–Crippen MR) is 60.9 cm³/mol. The van der Waals surface area contributed by atoms with Gasteiger partial charge in [-0.25, -0.2) is 0 Å². The Kier molecular flexibility index (Phi) is 9.36. The van der Waals surface area contributed by atoms with Crippen molar-refractivity contribution < 1.29 is 19.1 Å². The highest BCUT2D eigenvalue weighted by molar-refractivity contribution is 5.66. The molecule has 0 bridgehead atoms. The first-order valence-corrected chi connectivity index (χ1v) is 5.54. The van der Waals surface area contributed by atoms with Crippen molar-refractivity contribution in [2.75, 3.05) is 13.2 Å².